The summed E-state index contributed by atoms with van der Waals surface area (Å²) < 4.78 is 11.5. The zero-order valence-electron chi connectivity index (χ0n) is 19.7. The van der Waals surface area contributed by atoms with Gasteiger partial charge in [0.25, 0.3) is 5.91 Å². The highest BCUT2D eigenvalue weighted by Crippen LogP contribution is 2.34. The molecule has 8 heteroatoms. The van der Waals surface area contributed by atoms with Crippen molar-refractivity contribution in [1.82, 2.24) is 14.9 Å². The van der Waals surface area contributed by atoms with E-state index in [-0.39, 0.29) is 12.0 Å². The van der Waals surface area contributed by atoms with Crippen molar-refractivity contribution in [2.45, 2.75) is 38.4 Å². The van der Waals surface area contributed by atoms with Gasteiger partial charge in [0.1, 0.15) is 29.7 Å². The van der Waals surface area contributed by atoms with Gasteiger partial charge in [-0.05, 0) is 48.2 Å². The number of carbonyl (C=O) groups is 1. The molecule has 1 saturated heterocycles. The maximum absolute atomic E-state index is 12.1. The molecule has 1 fully saturated rings. The Labute approximate surface area is 203 Å². The Hall–Kier alpha value is -3.67. The Kier molecular flexibility index (Phi) is 6.53. The zero-order chi connectivity index (χ0) is 24.4. The summed E-state index contributed by atoms with van der Waals surface area (Å²) in [6, 6.07) is 10.1. The molecule has 1 amide bonds. The molecule has 8 nitrogen and oxygen atoms in total. The molecule has 1 unspecified atom stereocenters. The predicted octanol–water partition coefficient (Wildman–Crippen LogP) is 3.66. The quantitative estimate of drug-likeness (QED) is 0.586. The lowest BCUT2D eigenvalue weighted by atomic mass is 9.97. The van der Waals surface area contributed by atoms with Crippen LogP contribution >= 0.6 is 0 Å². The number of aromatic nitrogens is 2. The van der Waals surface area contributed by atoms with E-state index < -0.39 is 6.10 Å². The van der Waals surface area contributed by atoms with Crippen molar-refractivity contribution in [1.29, 1.82) is 5.26 Å². The number of hydrogen-bond donors (Lipinski definition) is 2. The Balaban J connectivity index is 1.41. The van der Waals surface area contributed by atoms with E-state index in [0.717, 1.165) is 46.1 Å². The molecule has 2 aromatic heterocycles. The van der Waals surface area contributed by atoms with Crippen LogP contribution in [0.15, 0.2) is 42.7 Å². The molecular formula is C27H28N4O4. The fourth-order valence-electron chi connectivity index (χ4n) is 4.67. The van der Waals surface area contributed by atoms with Crippen molar-refractivity contribution in [3.8, 4) is 22.9 Å². The van der Waals surface area contributed by atoms with Crippen molar-refractivity contribution >= 4 is 22.5 Å². The number of nitrogens with one attached hydrogen (secondary N) is 1. The molecule has 2 aliphatic heterocycles. The van der Waals surface area contributed by atoms with Crippen molar-refractivity contribution < 1.29 is 19.4 Å². The topological polar surface area (TPSA) is 111 Å². The number of aromatic amines is 1. The summed E-state index contributed by atoms with van der Waals surface area (Å²) in [5.41, 5.74) is 5.28. The zero-order valence-corrected chi connectivity index (χ0v) is 19.7. The number of nitriles is 1. The third-order valence-electron chi connectivity index (χ3n) is 6.65. The molecule has 0 radical (unpaired) electrons. The van der Waals surface area contributed by atoms with Gasteiger partial charge in [-0.1, -0.05) is 12.1 Å². The minimum atomic E-state index is -0.989. The van der Waals surface area contributed by atoms with Crippen molar-refractivity contribution in [2.75, 3.05) is 26.3 Å². The van der Waals surface area contributed by atoms with Crippen molar-refractivity contribution in [3.63, 3.8) is 0 Å². The van der Waals surface area contributed by atoms with Gasteiger partial charge in [0.05, 0.1) is 18.8 Å². The number of ether oxygens (including phenoxy) is 2. The number of fused-ring (bicyclic) bond motifs is 1. The van der Waals surface area contributed by atoms with E-state index in [1.54, 1.807) is 4.90 Å². The van der Waals surface area contributed by atoms with Crippen LogP contribution in [0.5, 0.6) is 5.75 Å². The number of aliphatic hydroxyl groups is 1. The Morgan fingerprint density at radius 3 is 2.86 bits per heavy atom. The lowest BCUT2D eigenvalue weighted by Crippen LogP contribution is -2.40. The first-order chi connectivity index (χ1) is 17.0. The molecule has 1 atom stereocenters. The van der Waals surface area contributed by atoms with Gasteiger partial charge in [0, 0.05) is 49.3 Å². The number of pyridine rings is 1. The third-order valence-corrected chi connectivity index (χ3v) is 6.65. The second kappa shape index (κ2) is 9.90. The van der Waals surface area contributed by atoms with Crippen LogP contribution in [0.25, 0.3) is 27.7 Å². The normalized spacial score (nSPS) is 17.6. The second-order valence-electron chi connectivity index (χ2n) is 9.01. The highest BCUT2D eigenvalue weighted by atomic mass is 16.5. The number of hydrogen-bond acceptors (Lipinski definition) is 6. The summed E-state index contributed by atoms with van der Waals surface area (Å²) in [5, 5.41) is 20.3. The standard InChI is InChI=1S/C27H28N4O4/c1-17(32)27(33)31-8-4-18(5-9-31)21-13-23-24(16-30-26(23)29-15-21)19-2-3-25(20(12-19)14-28)35-22-6-10-34-11-7-22/h2-4,12-13,15-17,22,32H,5-11H2,1H3,(H,29,30). The van der Waals surface area contributed by atoms with Crippen LogP contribution in [0, 0.1) is 11.3 Å². The summed E-state index contributed by atoms with van der Waals surface area (Å²) in [5.74, 6) is 0.352. The van der Waals surface area contributed by atoms with Crippen LogP contribution in [0.3, 0.4) is 0 Å². The van der Waals surface area contributed by atoms with Gasteiger partial charge in [-0.3, -0.25) is 4.79 Å². The average molecular weight is 473 g/mol. The van der Waals surface area contributed by atoms with Crippen molar-refractivity contribution in [3.05, 3.63) is 53.9 Å². The van der Waals surface area contributed by atoms with Crippen LogP contribution in [0.2, 0.25) is 0 Å². The monoisotopic (exact) mass is 472 g/mol. The lowest BCUT2D eigenvalue weighted by Gasteiger charge is -2.27. The molecule has 1 aromatic carbocycles. The van der Waals surface area contributed by atoms with Crippen LogP contribution < -0.4 is 4.74 Å². The second-order valence-corrected chi connectivity index (χ2v) is 9.01. The molecule has 0 spiro atoms. The number of aliphatic hydroxyl groups excluding tert-OH is 1. The summed E-state index contributed by atoms with van der Waals surface area (Å²) >= 11 is 0. The highest BCUT2D eigenvalue weighted by Gasteiger charge is 2.22. The van der Waals surface area contributed by atoms with E-state index in [2.05, 4.69) is 22.1 Å². The summed E-state index contributed by atoms with van der Waals surface area (Å²) in [6.07, 6.45) is 7.20. The highest BCUT2D eigenvalue weighted by molar-refractivity contribution is 5.95. The smallest absolute Gasteiger partial charge is 0.251 e. The lowest BCUT2D eigenvalue weighted by molar-refractivity contribution is -0.138. The molecule has 0 saturated carbocycles. The predicted molar refractivity (Wildman–Crippen MR) is 132 cm³/mol. The van der Waals surface area contributed by atoms with Gasteiger partial charge in [0.15, 0.2) is 0 Å². The van der Waals surface area contributed by atoms with E-state index in [4.69, 9.17) is 9.47 Å². The molecule has 180 valence electrons. The fraction of sp³-hybridized carbons (Fsp3) is 0.370. The molecule has 0 bridgehead atoms. The molecule has 2 N–H and O–H groups in total. The SMILES string of the molecule is CC(O)C(=O)N1CC=C(c2cnc3[nH]cc(-c4ccc(OC5CCOCC5)c(C#N)c4)c3c2)CC1. The van der Waals surface area contributed by atoms with E-state index in [1.165, 1.54) is 6.92 Å². The first-order valence-corrected chi connectivity index (χ1v) is 12.0. The minimum absolute atomic E-state index is 0.0668. The Morgan fingerprint density at radius 2 is 2.14 bits per heavy atom. The first-order valence-electron chi connectivity index (χ1n) is 12.0. The van der Waals surface area contributed by atoms with Gasteiger partial charge < -0.3 is 24.5 Å². The molecule has 4 heterocycles. The van der Waals surface area contributed by atoms with Crippen LogP contribution in [-0.4, -0.2) is 64.4 Å². The van der Waals surface area contributed by atoms with Gasteiger partial charge in [-0.15, -0.1) is 0 Å². The minimum Gasteiger partial charge on any atom is -0.489 e. The number of carbonyl (C=O) groups excluding carboxylic acids is 1. The van der Waals surface area contributed by atoms with Crippen LogP contribution in [0.4, 0.5) is 0 Å². The van der Waals surface area contributed by atoms with E-state index >= 15 is 0 Å². The van der Waals surface area contributed by atoms with Gasteiger partial charge in [-0.25, -0.2) is 4.98 Å². The molecule has 35 heavy (non-hydrogen) atoms. The van der Waals surface area contributed by atoms with Gasteiger partial charge >= 0.3 is 0 Å². The van der Waals surface area contributed by atoms with E-state index in [9.17, 15) is 15.2 Å². The number of amides is 1. The molecule has 2 aliphatic rings. The average Bonchev–Trinajstić information content (AvgIpc) is 3.32. The van der Waals surface area contributed by atoms with Gasteiger partial charge in [0.2, 0.25) is 0 Å². The summed E-state index contributed by atoms with van der Waals surface area (Å²) in [4.78, 5) is 21.6. The van der Waals surface area contributed by atoms with Gasteiger partial charge in [-0.2, -0.15) is 5.26 Å². The molecule has 0 aliphatic carbocycles. The summed E-state index contributed by atoms with van der Waals surface area (Å²) in [6.45, 7) is 3.89. The van der Waals surface area contributed by atoms with Crippen LogP contribution in [-0.2, 0) is 9.53 Å². The molecule has 3 aromatic rings. The third kappa shape index (κ3) is 4.78. The number of H-pyrrole nitrogens is 1. The molecule has 5 rings (SSSR count). The molecular weight excluding hydrogens is 444 g/mol. The van der Waals surface area contributed by atoms with Crippen LogP contribution in [0.1, 0.15) is 37.3 Å². The number of benzene rings is 1. The maximum Gasteiger partial charge on any atom is 0.251 e. The van der Waals surface area contributed by atoms with E-state index in [0.29, 0.717) is 44.0 Å². The number of nitrogens with zero attached hydrogens (tertiary/aromatic N) is 3. The maximum atomic E-state index is 12.1. The Morgan fingerprint density at radius 1 is 1.31 bits per heavy atom. The Bertz CT molecular complexity index is 1310. The van der Waals surface area contributed by atoms with Crippen molar-refractivity contribution in [2.24, 2.45) is 0 Å². The number of rotatable bonds is 5. The van der Waals surface area contributed by atoms with E-state index in [1.807, 2.05) is 36.7 Å². The summed E-state index contributed by atoms with van der Waals surface area (Å²) in [7, 11) is 0. The first kappa shape index (κ1) is 23.1. The fourth-order valence-corrected chi connectivity index (χ4v) is 4.67. The largest absolute Gasteiger partial charge is 0.489 e.